The molecule has 0 unspecified atom stereocenters. The van der Waals surface area contributed by atoms with E-state index >= 15 is 0 Å². The van der Waals surface area contributed by atoms with Crippen molar-refractivity contribution in [2.24, 2.45) is 0 Å². The number of sulfonamides is 1. The van der Waals surface area contributed by atoms with Crippen LogP contribution < -0.4 is 5.32 Å². The van der Waals surface area contributed by atoms with Gasteiger partial charge in [0.25, 0.3) is 0 Å². The van der Waals surface area contributed by atoms with Crippen LogP contribution in [0.1, 0.15) is 0 Å². The summed E-state index contributed by atoms with van der Waals surface area (Å²) in [5, 5.41) is 2.64. The fourth-order valence-electron chi connectivity index (χ4n) is 2.20. The molecule has 0 radical (unpaired) electrons. The highest BCUT2D eigenvalue weighted by atomic mass is 32.2. The Kier molecular flexibility index (Phi) is 5.15. The van der Waals surface area contributed by atoms with Crippen LogP contribution in [0.3, 0.4) is 0 Å². The lowest BCUT2D eigenvalue weighted by Gasteiger charge is -2.33. The summed E-state index contributed by atoms with van der Waals surface area (Å²) >= 11 is 0. The van der Waals surface area contributed by atoms with E-state index in [0.717, 1.165) is 6.07 Å². The first kappa shape index (κ1) is 16.4. The summed E-state index contributed by atoms with van der Waals surface area (Å²) < 4.78 is 39.7. The number of nitrogens with one attached hydrogen (secondary N) is 1. The molecule has 0 aliphatic carbocycles. The summed E-state index contributed by atoms with van der Waals surface area (Å²) in [4.78, 5) is 13.0. The molecule has 0 aromatic heterocycles. The molecule has 1 aromatic carbocycles. The highest BCUT2D eigenvalue weighted by Gasteiger charge is 2.31. The summed E-state index contributed by atoms with van der Waals surface area (Å²) in [7, 11) is -3.87. The number of rotatable bonds is 4. The fourth-order valence-corrected chi connectivity index (χ4v) is 3.68. The number of amides is 2. The van der Waals surface area contributed by atoms with E-state index in [-0.39, 0.29) is 37.1 Å². The third kappa shape index (κ3) is 3.45. The Balaban J connectivity index is 2.04. The van der Waals surface area contributed by atoms with Crippen molar-refractivity contribution in [1.82, 2.24) is 14.5 Å². The van der Waals surface area contributed by atoms with E-state index in [1.54, 1.807) is 6.08 Å². The van der Waals surface area contributed by atoms with Crippen molar-refractivity contribution in [1.29, 1.82) is 0 Å². The molecule has 120 valence electrons. The highest BCUT2D eigenvalue weighted by Crippen LogP contribution is 2.20. The van der Waals surface area contributed by atoms with E-state index in [9.17, 15) is 17.6 Å². The molecule has 1 aliphatic heterocycles. The third-order valence-electron chi connectivity index (χ3n) is 3.38. The Morgan fingerprint density at radius 1 is 1.27 bits per heavy atom. The molecule has 1 saturated heterocycles. The average molecular weight is 327 g/mol. The number of hydrogen-bond acceptors (Lipinski definition) is 3. The molecular weight excluding hydrogens is 309 g/mol. The van der Waals surface area contributed by atoms with Crippen molar-refractivity contribution in [3.63, 3.8) is 0 Å². The first-order valence-corrected chi connectivity index (χ1v) is 8.29. The van der Waals surface area contributed by atoms with Crippen molar-refractivity contribution in [3.8, 4) is 0 Å². The van der Waals surface area contributed by atoms with Crippen LogP contribution in [0.5, 0.6) is 0 Å². The van der Waals surface area contributed by atoms with Gasteiger partial charge in [-0.15, -0.1) is 6.58 Å². The quantitative estimate of drug-likeness (QED) is 0.840. The first-order valence-electron chi connectivity index (χ1n) is 6.85. The second-order valence-corrected chi connectivity index (χ2v) is 6.70. The predicted octanol–water partition coefficient (Wildman–Crippen LogP) is 1.03. The van der Waals surface area contributed by atoms with E-state index < -0.39 is 15.8 Å². The number of halogens is 1. The van der Waals surface area contributed by atoms with Gasteiger partial charge < -0.3 is 10.2 Å². The van der Waals surface area contributed by atoms with Gasteiger partial charge in [0.2, 0.25) is 10.0 Å². The number of piperazine rings is 1. The lowest BCUT2D eigenvalue weighted by molar-refractivity contribution is 0.173. The van der Waals surface area contributed by atoms with E-state index in [0.29, 0.717) is 6.54 Å². The maximum Gasteiger partial charge on any atom is 0.317 e. The van der Waals surface area contributed by atoms with Gasteiger partial charge in [-0.3, -0.25) is 0 Å². The van der Waals surface area contributed by atoms with Gasteiger partial charge >= 0.3 is 6.03 Å². The predicted molar refractivity (Wildman–Crippen MR) is 80.3 cm³/mol. The third-order valence-corrected chi connectivity index (χ3v) is 5.31. The highest BCUT2D eigenvalue weighted by molar-refractivity contribution is 7.89. The standard InChI is InChI=1S/C14H18FN3O3S/c1-2-7-16-14(19)17-8-10-18(11-9-17)22(20,21)13-6-4-3-5-12(13)15/h2-6H,1,7-11H2,(H,16,19). The van der Waals surface area contributed by atoms with Gasteiger partial charge in [0.1, 0.15) is 10.7 Å². The van der Waals surface area contributed by atoms with Crippen LogP contribution in [-0.4, -0.2) is 56.4 Å². The van der Waals surface area contributed by atoms with Crippen LogP contribution in [0.15, 0.2) is 41.8 Å². The van der Waals surface area contributed by atoms with Crippen molar-refractivity contribution in [3.05, 3.63) is 42.7 Å². The number of nitrogens with zero attached hydrogens (tertiary/aromatic N) is 2. The minimum atomic E-state index is -3.87. The first-order chi connectivity index (χ1) is 10.5. The number of benzene rings is 1. The van der Waals surface area contributed by atoms with Crippen molar-refractivity contribution in [2.75, 3.05) is 32.7 Å². The van der Waals surface area contributed by atoms with Crippen molar-refractivity contribution in [2.45, 2.75) is 4.90 Å². The summed E-state index contributed by atoms with van der Waals surface area (Å²) in [5.74, 6) is -0.770. The molecule has 22 heavy (non-hydrogen) atoms. The summed E-state index contributed by atoms with van der Waals surface area (Å²) in [6.45, 7) is 4.66. The molecule has 0 saturated carbocycles. The normalized spacial score (nSPS) is 16.3. The Morgan fingerprint density at radius 3 is 2.50 bits per heavy atom. The topological polar surface area (TPSA) is 69.7 Å². The van der Waals surface area contributed by atoms with E-state index in [2.05, 4.69) is 11.9 Å². The number of carbonyl (C=O) groups is 1. The van der Waals surface area contributed by atoms with Crippen LogP contribution in [0.4, 0.5) is 9.18 Å². The maximum absolute atomic E-state index is 13.7. The molecule has 0 atom stereocenters. The molecule has 0 bridgehead atoms. The molecule has 8 heteroatoms. The summed E-state index contributed by atoms with van der Waals surface area (Å²) in [6, 6.07) is 5.02. The molecule has 2 amide bonds. The molecular formula is C14H18FN3O3S. The SMILES string of the molecule is C=CCNC(=O)N1CCN(S(=O)(=O)c2ccccc2F)CC1. The zero-order valence-electron chi connectivity index (χ0n) is 12.0. The van der Waals surface area contributed by atoms with E-state index in [1.165, 1.54) is 27.4 Å². The molecule has 1 N–H and O–H groups in total. The van der Waals surface area contributed by atoms with E-state index in [1.807, 2.05) is 0 Å². The molecule has 6 nitrogen and oxygen atoms in total. The smallest absolute Gasteiger partial charge is 0.317 e. The van der Waals surface area contributed by atoms with Gasteiger partial charge in [0.05, 0.1) is 0 Å². The van der Waals surface area contributed by atoms with Crippen LogP contribution >= 0.6 is 0 Å². The fraction of sp³-hybridized carbons (Fsp3) is 0.357. The van der Waals surface area contributed by atoms with Gasteiger partial charge in [0, 0.05) is 32.7 Å². The van der Waals surface area contributed by atoms with Crippen LogP contribution in [-0.2, 0) is 10.0 Å². The van der Waals surface area contributed by atoms with Gasteiger partial charge in [-0.2, -0.15) is 4.31 Å². The maximum atomic E-state index is 13.7. The van der Waals surface area contributed by atoms with Gasteiger partial charge in [0.15, 0.2) is 0 Å². The number of carbonyl (C=O) groups excluding carboxylic acids is 1. The minimum absolute atomic E-state index is 0.137. The number of hydrogen-bond donors (Lipinski definition) is 1. The molecule has 0 spiro atoms. The Morgan fingerprint density at radius 2 is 1.91 bits per heavy atom. The molecule has 2 rings (SSSR count). The van der Waals surface area contributed by atoms with Crippen molar-refractivity contribution < 1.29 is 17.6 Å². The summed E-state index contributed by atoms with van der Waals surface area (Å²) in [5.41, 5.74) is 0. The molecule has 1 aliphatic rings. The van der Waals surface area contributed by atoms with Crippen LogP contribution in [0, 0.1) is 5.82 Å². The lowest BCUT2D eigenvalue weighted by atomic mass is 10.3. The number of urea groups is 1. The largest absolute Gasteiger partial charge is 0.335 e. The van der Waals surface area contributed by atoms with Gasteiger partial charge in [-0.05, 0) is 12.1 Å². The second kappa shape index (κ2) is 6.89. The zero-order valence-corrected chi connectivity index (χ0v) is 12.9. The van der Waals surface area contributed by atoms with Crippen LogP contribution in [0.2, 0.25) is 0 Å². The summed E-state index contributed by atoms with van der Waals surface area (Å²) in [6.07, 6.45) is 1.57. The molecule has 1 aromatic rings. The second-order valence-electron chi connectivity index (χ2n) is 4.80. The Hall–Kier alpha value is -1.93. The van der Waals surface area contributed by atoms with Crippen molar-refractivity contribution >= 4 is 16.1 Å². The van der Waals surface area contributed by atoms with E-state index in [4.69, 9.17) is 0 Å². The molecule has 1 heterocycles. The average Bonchev–Trinajstić information content (AvgIpc) is 2.53. The van der Waals surface area contributed by atoms with Gasteiger partial charge in [-0.25, -0.2) is 17.6 Å². The van der Waals surface area contributed by atoms with Crippen LogP contribution in [0.25, 0.3) is 0 Å². The minimum Gasteiger partial charge on any atom is -0.335 e. The van der Waals surface area contributed by atoms with Gasteiger partial charge in [-0.1, -0.05) is 18.2 Å². The lowest BCUT2D eigenvalue weighted by Crippen LogP contribution is -2.53. The Labute approximate surface area is 129 Å². The zero-order chi connectivity index (χ0) is 16.2. The molecule has 1 fully saturated rings. The monoisotopic (exact) mass is 327 g/mol. The Bertz CT molecular complexity index is 655.